The Morgan fingerprint density at radius 2 is 1.62 bits per heavy atom. The van der Waals surface area contributed by atoms with Gasteiger partial charge in [0.25, 0.3) is 0 Å². The first-order valence-electron chi connectivity index (χ1n) is 5.49. The molecule has 2 nitrogen and oxygen atoms in total. The van der Waals surface area contributed by atoms with Crippen LogP contribution in [0, 0.1) is 17.3 Å². The highest BCUT2D eigenvalue weighted by molar-refractivity contribution is 5.20. The Morgan fingerprint density at radius 3 is 1.94 bits per heavy atom. The zero-order valence-electron chi connectivity index (χ0n) is 10.3. The second kappa shape index (κ2) is 5.53. The lowest BCUT2D eigenvalue weighted by Crippen LogP contribution is -2.36. The Kier molecular flexibility index (Phi) is 5.27. The molecule has 1 rings (SSSR count). The minimum absolute atomic E-state index is 0.0259. The van der Waals surface area contributed by atoms with Gasteiger partial charge in [-0.15, -0.1) is 0 Å². The van der Waals surface area contributed by atoms with Gasteiger partial charge in [-0.3, -0.25) is 0 Å². The molecule has 0 aliphatic heterocycles. The molecular weight excluding hydrogens is 214 g/mol. The molecule has 94 valence electrons. The van der Waals surface area contributed by atoms with Gasteiger partial charge in [-0.2, -0.15) is 9.59 Å². The highest BCUT2D eigenvalue weighted by Gasteiger charge is 2.43. The molecule has 1 saturated carbocycles. The van der Waals surface area contributed by atoms with Crippen molar-refractivity contribution in [3.05, 3.63) is 0 Å². The lowest BCUT2D eigenvalue weighted by atomic mass is 9.68. The molecule has 0 amide bonds. The van der Waals surface area contributed by atoms with E-state index in [-0.39, 0.29) is 36.2 Å². The quantitative estimate of drug-likeness (QED) is 0.642. The standard InChI is InChI=1S/C11H20F2.CO2/c1-8-5-9(10(2,3)4)7-11(12,13)6-8;2-1-3/h8-9H,5-7H2,1-4H3;. The summed E-state index contributed by atoms with van der Waals surface area (Å²) in [6.07, 6.45) is 1.37. The average molecular weight is 234 g/mol. The molecule has 1 fully saturated rings. The fourth-order valence-electron chi connectivity index (χ4n) is 2.27. The van der Waals surface area contributed by atoms with E-state index in [0.717, 1.165) is 6.42 Å². The van der Waals surface area contributed by atoms with Crippen molar-refractivity contribution >= 4 is 6.15 Å². The second-order valence-electron chi connectivity index (χ2n) is 5.75. The fraction of sp³-hybridized carbons (Fsp3) is 0.917. The summed E-state index contributed by atoms with van der Waals surface area (Å²) in [5.74, 6) is -2.07. The van der Waals surface area contributed by atoms with Gasteiger partial charge in [0.2, 0.25) is 5.92 Å². The van der Waals surface area contributed by atoms with E-state index >= 15 is 0 Å². The summed E-state index contributed by atoms with van der Waals surface area (Å²) in [4.78, 5) is 16.2. The molecule has 0 radical (unpaired) electrons. The Balaban J connectivity index is 0.000000673. The molecule has 1 aliphatic rings. The van der Waals surface area contributed by atoms with E-state index < -0.39 is 5.92 Å². The molecule has 0 saturated heterocycles. The highest BCUT2D eigenvalue weighted by Crippen LogP contribution is 2.46. The molecule has 0 aromatic carbocycles. The van der Waals surface area contributed by atoms with Crippen molar-refractivity contribution in [2.45, 2.75) is 52.9 Å². The molecule has 0 N–H and O–H groups in total. The molecular formula is C12H20F2O2. The molecule has 0 heterocycles. The van der Waals surface area contributed by atoms with Crippen LogP contribution >= 0.6 is 0 Å². The van der Waals surface area contributed by atoms with Gasteiger partial charge in [0, 0.05) is 12.8 Å². The van der Waals surface area contributed by atoms with Crippen LogP contribution in [-0.2, 0) is 9.59 Å². The van der Waals surface area contributed by atoms with E-state index in [4.69, 9.17) is 9.59 Å². The van der Waals surface area contributed by atoms with Crippen LogP contribution in [0.3, 0.4) is 0 Å². The summed E-state index contributed by atoms with van der Waals surface area (Å²) in [5, 5.41) is 0. The van der Waals surface area contributed by atoms with Crippen LogP contribution in [0.25, 0.3) is 0 Å². The van der Waals surface area contributed by atoms with Gasteiger partial charge >= 0.3 is 6.15 Å². The molecule has 0 bridgehead atoms. The zero-order valence-corrected chi connectivity index (χ0v) is 10.3. The summed E-state index contributed by atoms with van der Waals surface area (Å²) in [6, 6.07) is 0. The number of carbonyl (C=O) groups excluding carboxylic acids is 2. The first-order chi connectivity index (χ1) is 7.12. The number of hydrogen-bond acceptors (Lipinski definition) is 2. The Hall–Kier alpha value is -0.760. The fourth-order valence-corrected chi connectivity index (χ4v) is 2.27. The SMILES string of the molecule is CC1CC(C(C)(C)C)CC(F)(F)C1.O=C=O. The van der Waals surface area contributed by atoms with Gasteiger partial charge in [-0.25, -0.2) is 8.78 Å². The van der Waals surface area contributed by atoms with Crippen molar-refractivity contribution in [1.82, 2.24) is 0 Å². The van der Waals surface area contributed by atoms with E-state index in [1.165, 1.54) is 0 Å². The first kappa shape index (κ1) is 15.2. The molecule has 0 spiro atoms. The predicted molar refractivity (Wildman–Crippen MR) is 55.9 cm³/mol. The highest BCUT2D eigenvalue weighted by atomic mass is 19.3. The van der Waals surface area contributed by atoms with Gasteiger partial charge in [0.05, 0.1) is 0 Å². The summed E-state index contributed by atoms with van der Waals surface area (Å²) in [5.41, 5.74) is 0.0259. The van der Waals surface area contributed by atoms with Gasteiger partial charge in [-0.05, 0) is 23.7 Å². The summed E-state index contributed by atoms with van der Waals surface area (Å²) in [7, 11) is 0. The van der Waals surface area contributed by atoms with Crippen LogP contribution in [0.15, 0.2) is 0 Å². The number of hydrogen-bond donors (Lipinski definition) is 0. The smallest absolute Gasteiger partial charge is 0.207 e. The van der Waals surface area contributed by atoms with Crippen molar-refractivity contribution in [2.24, 2.45) is 17.3 Å². The molecule has 2 unspecified atom stereocenters. The molecule has 1 aliphatic carbocycles. The Bertz CT molecular complexity index is 250. The van der Waals surface area contributed by atoms with Gasteiger partial charge in [0.15, 0.2) is 0 Å². The average Bonchev–Trinajstić information content (AvgIpc) is 1.99. The maximum absolute atomic E-state index is 13.2. The normalized spacial score (nSPS) is 28.6. The lowest BCUT2D eigenvalue weighted by molar-refractivity contribution is -0.191. The van der Waals surface area contributed by atoms with Crippen molar-refractivity contribution in [3.8, 4) is 0 Å². The summed E-state index contributed by atoms with van der Waals surface area (Å²) < 4.78 is 26.5. The first-order valence-corrected chi connectivity index (χ1v) is 5.49. The maximum atomic E-state index is 13.2. The second-order valence-corrected chi connectivity index (χ2v) is 5.75. The van der Waals surface area contributed by atoms with E-state index in [2.05, 4.69) is 20.8 Å². The van der Waals surface area contributed by atoms with Crippen LogP contribution in [0.5, 0.6) is 0 Å². The minimum atomic E-state index is -2.42. The minimum Gasteiger partial charge on any atom is -0.207 e. The zero-order chi connectivity index (χ0) is 13.0. The molecule has 0 aromatic rings. The van der Waals surface area contributed by atoms with E-state index in [1.54, 1.807) is 0 Å². The van der Waals surface area contributed by atoms with Gasteiger partial charge in [-0.1, -0.05) is 27.7 Å². The van der Waals surface area contributed by atoms with Crippen LogP contribution in [0.2, 0.25) is 0 Å². The van der Waals surface area contributed by atoms with Crippen molar-refractivity contribution in [2.75, 3.05) is 0 Å². The largest absolute Gasteiger partial charge is 0.373 e. The number of rotatable bonds is 0. The lowest BCUT2D eigenvalue weighted by Gasteiger charge is -2.40. The third-order valence-corrected chi connectivity index (χ3v) is 3.10. The van der Waals surface area contributed by atoms with Crippen molar-refractivity contribution in [1.29, 1.82) is 0 Å². The third kappa shape index (κ3) is 5.36. The topological polar surface area (TPSA) is 34.1 Å². The van der Waals surface area contributed by atoms with Crippen molar-refractivity contribution in [3.63, 3.8) is 0 Å². The number of halogens is 2. The van der Waals surface area contributed by atoms with Crippen LogP contribution in [-0.4, -0.2) is 12.1 Å². The Labute approximate surface area is 95.4 Å². The Morgan fingerprint density at radius 1 is 1.19 bits per heavy atom. The van der Waals surface area contributed by atoms with E-state index in [1.807, 2.05) is 6.92 Å². The van der Waals surface area contributed by atoms with Gasteiger partial charge in [0.1, 0.15) is 0 Å². The van der Waals surface area contributed by atoms with Crippen LogP contribution in [0.4, 0.5) is 8.78 Å². The van der Waals surface area contributed by atoms with Gasteiger partial charge < -0.3 is 0 Å². The predicted octanol–water partition coefficient (Wildman–Crippen LogP) is 3.52. The van der Waals surface area contributed by atoms with Crippen molar-refractivity contribution < 1.29 is 18.4 Å². The molecule has 16 heavy (non-hydrogen) atoms. The van der Waals surface area contributed by atoms with E-state index in [0.29, 0.717) is 0 Å². The molecule has 0 aromatic heterocycles. The molecule has 2 atom stereocenters. The maximum Gasteiger partial charge on any atom is 0.373 e. The summed E-state index contributed by atoms with van der Waals surface area (Å²) in [6.45, 7) is 8.12. The third-order valence-electron chi connectivity index (χ3n) is 3.10. The van der Waals surface area contributed by atoms with E-state index in [9.17, 15) is 8.78 Å². The molecule has 4 heteroatoms. The number of alkyl halides is 2. The summed E-state index contributed by atoms with van der Waals surface area (Å²) >= 11 is 0. The van der Waals surface area contributed by atoms with Crippen LogP contribution < -0.4 is 0 Å². The monoisotopic (exact) mass is 234 g/mol. The van der Waals surface area contributed by atoms with Crippen LogP contribution in [0.1, 0.15) is 47.0 Å².